The molecule has 3 rings (SSSR count). The van der Waals surface area contributed by atoms with Crippen molar-refractivity contribution in [3.8, 4) is 5.75 Å². The number of sulfonamides is 1. The number of benzene rings is 3. The number of methoxy groups -OCH3 is 1. The molecule has 0 aromatic heterocycles. The minimum absolute atomic E-state index is 0.0325. The molecule has 0 aliphatic heterocycles. The van der Waals surface area contributed by atoms with E-state index in [-0.39, 0.29) is 29.1 Å². The van der Waals surface area contributed by atoms with E-state index in [1.54, 1.807) is 49.4 Å². The van der Waals surface area contributed by atoms with Crippen molar-refractivity contribution in [2.45, 2.75) is 50.7 Å². The molecule has 40 heavy (non-hydrogen) atoms. The van der Waals surface area contributed by atoms with Gasteiger partial charge in [0.25, 0.3) is 10.0 Å². The Morgan fingerprint density at radius 3 is 2.15 bits per heavy atom. The van der Waals surface area contributed by atoms with Gasteiger partial charge in [-0.15, -0.1) is 0 Å². The van der Waals surface area contributed by atoms with Crippen molar-refractivity contribution in [3.05, 3.63) is 88.4 Å². The van der Waals surface area contributed by atoms with Gasteiger partial charge in [0.05, 0.1) is 17.7 Å². The Labute approximate surface area is 245 Å². The maximum atomic E-state index is 14.0. The molecule has 214 valence electrons. The van der Waals surface area contributed by atoms with E-state index in [0.29, 0.717) is 22.2 Å². The minimum Gasteiger partial charge on any atom is -0.497 e. The van der Waals surface area contributed by atoms with Crippen molar-refractivity contribution in [2.24, 2.45) is 0 Å². The average molecular weight is 607 g/mol. The van der Waals surface area contributed by atoms with Crippen LogP contribution in [0.4, 0.5) is 5.69 Å². The summed E-state index contributed by atoms with van der Waals surface area (Å²) in [7, 11) is -2.74. The van der Waals surface area contributed by atoms with Gasteiger partial charge in [0.2, 0.25) is 11.8 Å². The zero-order valence-corrected chi connectivity index (χ0v) is 25.1. The molecule has 0 unspecified atom stereocenters. The summed E-state index contributed by atoms with van der Waals surface area (Å²) < 4.78 is 34.0. The highest BCUT2D eigenvalue weighted by Crippen LogP contribution is 2.28. The molecule has 1 N–H and O–H groups in total. The van der Waals surface area contributed by atoms with Crippen LogP contribution in [0.5, 0.6) is 5.75 Å². The molecule has 0 aliphatic rings. The Morgan fingerprint density at radius 1 is 0.950 bits per heavy atom. The highest BCUT2D eigenvalue weighted by molar-refractivity contribution is 7.92. The lowest BCUT2D eigenvalue weighted by Gasteiger charge is -2.33. The fourth-order valence-corrected chi connectivity index (χ4v) is 5.84. The molecule has 2 amide bonds. The number of ether oxygens (including phenoxy) is 1. The van der Waals surface area contributed by atoms with Gasteiger partial charge in [-0.25, -0.2) is 8.42 Å². The van der Waals surface area contributed by atoms with E-state index >= 15 is 0 Å². The van der Waals surface area contributed by atoms with E-state index in [1.165, 1.54) is 42.3 Å². The first kappa shape index (κ1) is 31.3. The normalized spacial score (nSPS) is 12.1. The zero-order chi connectivity index (χ0) is 29.4. The quantitative estimate of drug-likeness (QED) is 0.293. The largest absolute Gasteiger partial charge is 0.497 e. The predicted molar refractivity (Wildman–Crippen MR) is 158 cm³/mol. The van der Waals surface area contributed by atoms with Crippen molar-refractivity contribution >= 4 is 50.7 Å². The summed E-state index contributed by atoms with van der Waals surface area (Å²) >= 11 is 12.3. The maximum absolute atomic E-state index is 14.0. The van der Waals surface area contributed by atoms with Crippen LogP contribution in [0.15, 0.2) is 77.7 Å². The Morgan fingerprint density at radius 2 is 1.60 bits per heavy atom. The number of rotatable bonds is 12. The average Bonchev–Trinajstić information content (AvgIpc) is 2.92. The van der Waals surface area contributed by atoms with E-state index < -0.39 is 28.5 Å². The number of nitrogens with zero attached hydrogens (tertiary/aromatic N) is 2. The molecule has 0 aliphatic carbocycles. The van der Waals surface area contributed by atoms with Gasteiger partial charge in [-0.2, -0.15) is 0 Å². The lowest BCUT2D eigenvalue weighted by atomic mass is 10.1. The Balaban J connectivity index is 2.06. The van der Waals surface area contributed by atoms with E-state index in [2.05, 4.69) is 5.32 Å². The molecule has 8 nitrogen and oxygen atoms in total. The van der Waals surface area contributed by atoms with Gasteiger partial charge in [0.15, 0.2) is 0 Å². The molecule has 11 heteroatoms. The smallest absolute Gasteiger partial charge is 0.264 e. The summed E-state index contributed by atoms with van der Waals surface area (Å²) in [4.78, 5) is 28.6. The lowest BCUT2D eigenvalue weighted by Crippen LogP contribution is -2.53. The van der Waals surface area contributed by atoms with Gasteiger partial charge in [0.1, 0.15) is 18.3 Å². The monoisotopic (exact) mass is 605 g/mol. The fraction of sp³-hybridized carbons (Fsp3) is 0.310. The number of hydrogen-bond acceptors (Lipinski definition) is 5. The standard InChI is InChI=1S/C29H33Cl2N3O5S/c1-5-27(29(36)32-20(2)3)33(18-21-9-11-22(30)12-10-21)28(35)19-34(24-8-6-7-23(31)17-24)40(37,38)26-15-13-25(39-4)14-16-26/h6-17,20,27H,5,18-19H2,1-4H3,(H,32,36)/t27-/m1/s1. The highest BCUT2D eigenvalue weighted by Gasteiger charge is 2.34. The number of hydrogen-bond donors (Lipinski definition) is 1. The SMILES string of the molecule is CC[C@H](C(=O)NC(C)C)N(Cc1ccc(Cl)cc1)C(=O)CN(c1cccc(Cl)c1)S(=O)(=O)c1ccc(OC)cc1. The molecule has 0 bridgehead atoms. The summed E-state index contributed by atoms with van der Waals surface area (Å²) in [6.45, 7) is 4.98. The molecule has 1 atom stereocenters. The van der Waals surface area contributed by atoms with Gasteiger partial charge < -0.3 is 15.0 Å². The molecule has 0 radical (unpaired) electrons. The number of anilines is 1. The van der Waals surface area contributed by atoms with Crippen molar-refractivity contribution < 1.29 is 22.7 Å². The van der Waals surface area contributed by atoms with Crippen LogP contribution >= 0.6 is 23.2 Å². The van der Waals surface area contributed by atoms with E-state index in [4.69, 9.17) is 27.9 Å². The topological polar surface area (TPSA) is 96.0 Å². The van der Waals surface area contributed by atoms with Gasteiger partial charge in [-0.05, 0) is 80.4 Å². The number of nitrogens with one attached hydrogen (secondary N) is 1. The summed E-state index contributed by atoms with van der Waals surface area (Å²) in [6.07, 6.45) is 0.320. The second-order valence-electron chi connectivity index (χ2n) is 9.40. The van der Waals surface area contributed by atoms with E-state index in [1.807, 2.05) is 13.8 Å². The van der Waals surface area contributed by atoms with Crippen LogP contribution in [0.25, 0.3) is 0 Å². The number of amides is 2. The summed E-state index contributed by atoms with van der Waals surface area (Å²) in [5.41, 5.74) is 0.948. The Hall–Kier alpha value is -3.27. The number of carbonyl (C=O) groups is 2. The highest BCUT2D eigenvalue weighted by atomic mass is 35.5. The van der Waals surface area contributed by atoms with Crippen LogP contribution in [0.1, 0.15) is 32.8 Å². The maximum Gasteiger partial charge on any atom is 0.264 e. The lowest BCUT2D eigenvalue weighted by molar-refractivity contribution is -0.140. The Bertz CT molecular complexity index is 1410. The molecule has 0 spiro atoms. The molecule has 3 aromatic carbocycles. The zero-order valence-electron chi connectivity index (χ0n) is 22.8. The molecule has 0 saturated carbocycles. The number of halogens is 2. The minimum atomic E-state index is -4.22. The first-order valence-corrected chi connectivity index (χ1v) is 14.9. The first-order chi connectivity index (χ1) is 19.0. The molecule has 0 saturated heterocycles. The van der Waals surface area contributed by atoms with Gasteiger partial charge in [-0.3, -0.25) is 13.9 Å². The van der Waals surface area contributed by atoms with E-state index in [0.717, 1.165) is 9.87 Å². The van der Waals surface area contributed by atoms with Gasteiger partial charge in [-0.1, -0.05) is 48.3 Å². The molecular weight excluding hydrogens is 573 g/mol. The summed E-state index contributed by atoms with van der Waals surface area (Å²) in [5, 5.41) is 3.71. The third-order valence-corrected chi connectivity index (χ3v) is 8.38. The van der Waals surface area contributed by atoms with Crippen LogP contribution < -0.4 is 14.4 Å². The first-order valence-electron chi connectivity index (χ1n) is 12.7. The van der Waals surface area contributed by atoms with Crippen molar-refractivity contribution in [3.63, 3.8) is 0 Å². The summed E-state index contributed by atoms with van der Waals surface area (Å²) in [6, 6.07) is 18.1. The summed E-state index contributed by atoms with van der Waals surface area (Å²) in [5.74, 6) is -0.398. The van der Waals surface area contributed by atoms with E-state index in [9.17, 15) is 18.0 Å². The van der Waals surface area contributed by atoms with Gasteiger partial charge in [0, 0.05) is 22.6 Å². The van der Waals surface area contributed by atoms with Crippen molar-refractivity contribution in [1.82, 2.24) is 10.2 Å². The molecule has 3 aromatic rings. The number of carbonyl (C=O) groups excluding carboxylic acids is 2. The van der Waals surface area contributed by atoms with Gasteiger partial charge >= 0.3 is 0 Å². The van der Waals surface area contributed by atoms with Crippen molar-refractivity contribution in [2.75, 3.05) is 18.0 Å². The molecule has 0 fully saturated rings. The van der Waals surface area contributed by atoms with Crippen LogP contribution in [0.2, 0.25) is 10.0 Å². The van der Waals surface area contributed by atoms with Crippen LogP contribution in [0, 0.1) is 0 Å². The second kappa shape index (κ2) is 13.9. The second-order valence-corrected chi connectivity index (χ2v) is 12.1. The fourth-order valence-electron chi connectivity index (χ4n) is 4.12. The Kier molecular flexibility index (Phi) is 10.8. The van der Waals surface area contributed by atoms with Crippen LogP contribution in [-0.4, -0.2) is 50.9 Å². The van der Waals surface area contributed by atoms with Crippen LogP contribution in [-0.2, 0) is 26.2 Å². The predicted octanol–water partition coefficient (Wildman–Crippen LogP) is 5.53. The van der Waals surface area contributed by atoms with Crippen LogP contribution in [0.3, 0.4) is 0 Å². The third kappa shape index (κ3) is 7.90. The molecule has 0 heterocycles. The molecular formula is C29H33Cl2N3O5S. The third-order valence-electron chi connectivity index (χ3n) is 6.11. The van der Waals surface area contributed by atoms with Crippen molar-refractivity contribution in [1.29, 1.82) is 0 Å².